The number of halogens is 4. The van der Waals surface area contributed by atoms with Gasteiger partial charge in [0.2, 0.25) is 5.60 Å². The minimum absolute atomic E-state index is 0.0837. The van der Waals surface area contributed by atoms with Crippen molar-refractivity contribution in [2.75, 3.05) is 12.3 Å². The second kappa shape index (κ2) is 11.9. The summed E-state index contributed by atoms with van der Waals surface area (Å²) < 4.78 is 81.0. The molecule has 11 nitrogen and oxygen atoms in total. The fourth-order valence-electron chi connectivity index (χ4n) is 3.52. The Morgan fingerprint density at radius 1 is 1.28 bits per heavy atom. The van der Waals surface area contributed by atoms with Gasteiger partial charge in [-0.05, 0) is 50.8 Å². The van der Waals surface area contributed by atoms with E-state index in [4.69, 9.17) is 36.1 Å². The molecule has 1 aromatic carbocycles. The number of hydrogen-bond acceptors (Lipinski definition) is 10. The summed E-state index contributed by atoms with van der Waals surface area (Å²) in [6, 6.07) is 7.46. The summed E-state index contributed by atoms with van der Waals surface area (Å²) in [6.45, 7) is -1.15. The van der Waals surface area contributed by atoms with Crippen molar-refractivity contribution in [3.63, 3.8) is 0 Å². The first-order valence-corrected chi connectivity index (χ1v) is 14.1. The molecular weight excluding hydrogens is 571 g/mol. The van der Waals surface area contributed by atoms with Gasteiger partial charge in [0.1, 0.15) is 17.6 Å². The summed E-state index contributed by atoms with van der Waals surface area (Å²) in [4.78, 5) is 27.9. The third-order valence-electron chi connectivity index (χ3n) is 5.49. The number of benzene rings is 1. The van der Waals surface area contributed by atoms with E-state index < -0.39 is 67.3 Å². The van der Waals surface area contributed by atoms with Crippen molar-refractivity contribution >= 4 is 30.2 Å². The van der Waals surface area contributed by atoms with E-state index in [0.717, 1.165) is 12.3 Å². The van der Waals surface area contributed by atoms with Crippen LogP contribution in [0.25, 0.3) is 0 Å². The van der Waals surface area contributed by atoms with Crippen molar-refractivity contribution in [1.82, 2.24) is 14.6 Å². The fraction of sp³-hybridized carbons (Fsp3) is 0.500. The smallest absolute Gasteiger partial charge is 0.351 e. The number of aliphatic hydroxyl groups excluding tert-OH is 1. The average molecular weight is 599 g/mol. The van der Waals surface area contributed by atoms with Crippen molar-refractivity contribution in [2.24, 2.45) is 0 Å². The number of alkyl halides is 4. The first kappa shape index (κ1) is 30.9. The number of nitrogens with one attached hydrogen (secondary N) is 1. The number of anilines is 1. The Bertz CT molecular complexity index is 1270. The molecule has 0 amide bonds. The molecule has 0 radical (unpaired) electrons. The van der Waals surface area contributed by atoms with Crippen LogP contribution in [-0.2, 0) is 30.6 Å². The molecule has 1 aliphatic rings. The Morgan fingerprint density at radius 2 is 1.92 bits per heavy atom. The zero-order chi connectivity index (χ0) is 29.2. The molecule has 0 saturated carbocycles. The molecule has 2 aromatic rings. The standard InChI is InChI=1S/C22H27F4N4O7PS/c1-12(2)35-18(32)13(3)29-38(39,37-14-7-5-4-6-8-14)34-11-21(19(23)24)22(25,26)16(31)17(36-21)30-10-9-15(27)28-20(30)33/h4-10,12-13,16-17,19,31H,11H2,1-3H3,(H,29,39)(H2,27,28,33). The molecule has 5 atom stereocenters. The quantitative estimate of drug-likeness (QED) is 0.199. The predicted octanol–water partition coefficient (Wildman–Crippen LogP) is 2.60. The van der Waals surface area contributed by atoms with Gasteiger partial charge < -0.3 is 29.4 Å². The number of hydrogen-bond donors (Lipinski definition) is 3. The molecule has 1 aliphatic heterocycles. The Labute approximate surface area is 225 Å². The maximum Gasteiger partial charge on any atom is 0.351 e. The maximum absolute atomic E-state index is 15.3. The number of carbonyl (C=O) groups is 1. The Kier molecular flexibility index (Phi) is 9.40. The molecule has 2 heterocycles. The van der Waals surface area contributed by atoms with Crippen LogP contribution in [0.1, 0.15) is 27.0 Å². The van der Waals surface area contributed by atoms with E-state index in [9.17, 15) is 23.5 Å². The van der Waals surface area contributed by atoms with Gasteiger partial charge in [0.15, 0.2) is 12.3 Å². The van der Waals surface area contributed by atoms with E-state index in [1.54, 1.807) is 32.0 Å². The highest BCUT2D eigenvalue weighted by Crippen LogP contribution is 2.54. The minimum atomic E-state index is -4.66. The second-order valence-electron chi connectivity index (χ2n) is 8.82. The molecular formula is C22H27F4N4O7PS. The fourth-order valence-corrected chi connectivity index (χ4v) is 5.93. The molecule has 1 saturated heterocycles. The summed E-state index contributed by atoms with van der Waals surface area (Å²) in [5, 5.41) is 12.9. The zero-order valence-electron chi connectivity index (χ0n) is 20.9. The first-order chi connectivity index (χ1) is 18.1. The number of ether oxygens (including phenoxy) is 2. The van der Waals surface area contributed by atoms with E-state index in [1.165, 1.54) is 19.1 Å². The molecule has 0 aliphatic carbocycles. The molecule has 39 heavy (non-hydrogen) atoms. The van der Waals surface area contributed by atoms with Crippen LogP contribution in [0, 0.1) is 0 Å². The van der Waals surface area contributed by atoms with Crippen molar-refractivity contribution < 1.29 is 46.0 Å². The predicted molar refractivity (Wildman–Crippen MR) is 134 cm³/mol. The highest BCUT2D eigenvalue weighted by atomic mass is 32.5. The van der Waals surface area contributed by atoms with Gasteiger partial charge in [-0.3, -0.25) is 9.36 Å². The lowest BCUT2D eigenvalue weighted by Crippen LogP contribution is -2.57. The summed E-state index contributed by atoms with van der Waals surface area (Å²) in [6.07, 6.45) is -8.79. The Morgan fingerprint density at radius 3 is 2.49 bits per heavy atom. The highest BCUT2D eigenvalue weighted by Gasteiger charge is 2.74. The highest BCUT2D eigenvalue weighted by molar-refractivity contribution is 8.09. The summed E-state index contributed by atoms with van der Waals surface area (Å²) in [7, 11) is 0. The lowest BCUT2D eigenvalue weighted by atomic mass is 9.95. The molecule has 5 unspecified atom stereocenters. The van der Waals surface area contributed by atoms with Crippen LogP contribution in [0.3, 0.4) is 0 Å². The Balaban J connectivity index is 1.95. The van der Waals surface area contributed by atoms with Gasteiger partial charge in [0.05, 0.1) is 12.7 Å². The summed E-state index contributed by atoms with van der Waals surface area (Å²) in [5.41, 5.74) is 0.373. The van der Waals surface area contributed by atoms with E-state index in [0.29, 0.717) is 4.57 Å². The average Bonchev–Trinajstić information content (AvgIpc) is 3.04. The molecule has 17 heteroatoms. The number of aliphatic hydroxyl groups is 1. The van der Waals surface area contributed by atoms with Gasteiger partial charge in [0.25, 0.3) is 6.43 Å². The SMILES string of the molecule is CC(C)OC(=O)C(C)NP(=S)(OCC1(C(F)F)OC(n2ccc(N)nc2=O)C(O)C1(F)F)Oc1ccccc1. The second-order valence-corrected chi connectivity index (χ2v) is 12.0. The van der Waals surface area contributed by atoms with Gasteiger partial charge >= 0.3 is 24.2 Å². The number of nitrogens with zero attached hydrogens (tertiary/aromatic N) is 2. The van der Waals surface area contributed by atoms with E-state index >= 15 is 8.78 Å². The van der Waals surface area contributed by atoms with Crippen molar-refractivity contribution in [3.05, 3.63) is 53.1 Å². The van der Waals surface area contributed by atoms with Gasteiger partial charge in [-0.15, -0.1) is 0 Å². The van der Waals surface area contributed by atoms with Crippen LogP contribution in [0.15, 0.2) is 47.4 Å². The van der Waals surface area contributed by atoms with Gasteiger partial charge in [-0.1, -0.05) is 18.2 Å². The van der Waals surface area contributed by atoms with Gasteiger partial charge in [0, 0.05) is 6.20 Å². The van der Waals surface area contributed by atoms with Crippen molar-refractivity contribution in [1.29, 1.82) is 0 Å². The van der Waals surface area contributed by atoms with E-state index in [1.807, 2.05) is 0 Å². The van der Waals surface area contributed by atoms with Crippen LogP contribution in [0.2, 0.25) is 0 Å². The Hall–Kier alpha value is -2.62. The molecule has 1 aromatic heterocycles. The summed E-state index contributed by atoms with van der Waals surface area (Å²) in [5.74, 6) is -5.65. The monoisotopic (exact) mass is 598 g/mol. The third-order valence-corrected chi connectivity index (χ3v) is 7.97. The van der Waals surface area contributed by atoms with Crippen LogP contribution in [-0.4, -0.2) is 63.4 Å². The molecule has 3 rings (SSSR count). The van der Waals surface area contributed by atoms with Crippen LogP contribution < -0.4 is 21.0 Å². The minimum Gasteiger partial charge on any atom is -0.462 e. The number of aromatic nitrogens is 2. The number of carbonyl (C=O) groups excluding carboxylic acids is 1. The van der Waals surface area contributed by atoms with E-state index in [2.05, 4.69) is 10.1 Å². The molecule has 4 N–H and O–H groups in total. The number of nitrogens with two attached hydrogens (primary N) is 1. The van der Waals surface area contributed by atoms with Gasteiger partial charge in [-0.25, -0.2) is 18.7 Å². The largest absolute Gasteiger partial charge is 0.462 e. The van der Waals surface area contributed by atoms with E-state index in [-0.39, 0.29) is 11.6 Å². The first-order valence-electron chi connectivity index (χ1n) is 11.5. The molecule has 1 fully saturated rings. The normalized spacial score (nSPS) is 24.9. The van der Waals surface area contributed by atoms with Crippen LogP contribution >= 0.6 is 6.64 Å². The summed E-state index contributed by atoms with van der Waals surface area (Å²) >= 11 is 5.39. The number of nitrogen functional groups attached to an aromatic ring is 1. The van der Waals surface area contributed by atoms with Crippen LogP contribution in [0.4, 0.5) is 23.4 Å². The third kappa shape index (κ3) is 6.58. The van der Waals surface area contributed by atoms with Crippen molar-refractivity contribution in [3.8, 4) is 5.75 Å². The number of para-hydroxylation sites is 1. The lowest BCUT2D eigenvalue weighted by molar-refractivity contribution is -0.241. The number of esters is 1. The molecule has 0 spiro atoms. The lowest BCUT2D eigenvalue weighted by Gasteiger charge is -2.35. The maximum atomic E-state index is 15.3. The number of rotatable bonds is 11. The van der Waals surface area contributed by atoms with Crippen LogP contribution in [0.5, 0.6) is 5.75 Å². The molecule has 0 bridgehead atoms. The molecule has 216 valence electrons. The topological polar surface area (TPSA) is 147 Å². The zero-order valence-corrected chi connectivity index (χ0v) is 22.6. The van der Waals surface area contributed by atoms with Crippen molar-refractivity contribution in [2.45, 2.75) is 63.2 Å². The van der Waals surface area contributed by atoms with Gasteiger partial charge in [-0.2, -0.15) is 13.8 Å².